The van der Waals surface area contributed by atoms with Crippen LogP contribution in [0.3, 0.4) is 0 Å². The van der Waals surface area contributed by atoms with E-state index in [-0.39, 0.29) is 5.78 Å². The van der Waals surface area contributed by atoms with Crippen molar-refractivity contribution in [2.45, 2.75) is 13.3 Å². The lowest BCUT2D eigenvalue weighted by Gasteiger charge is -2.12. The minimum absolute atomic E-state index is 0.0206. The number of hydrogen-bond acceptors (Lipinski definition) is 4. The monoisotopic (exact) mass is 237 g/mol. The van der Waals surface area contributed by atoms with Gasteiger partial charge in [0, 0.05) is 0 Å². The Morgan fingerprint density at radius 2 is 1.82 bits per heavy atom. The average Bonchev–Trinajstić information content (AvgIpc) is 2.37. The summed E-state index contributed by atoms with van der Waals surface area (Å²) in [7, 11) is 3.09. The van der Waals surface area contributed by atoms with Crippen LogP contribution in [0.15, 0.2) is 18.2 Å². The van der Waals surface area contributed by atoms with Crippen molar-refractivity contribution >= 4 is 5.78 Å². The van der Waals surface area contributed by atoms with Gasteiger partial charge in [-0.3, -0.25) is 4.79 Å². The van der Waals surface area contributed by atoms with Gasteiger partial charge in [-0.2, -0.15) is 0 Å². The molecule has 0 amide bonds. The molecule has 4 nitrogen and oxygen atoms in total. The lowest BCUT2D eigenvalue weighted by Crippen LogP contribution is -2.24. The van der Waals surface area contributed by atoms with Crippen molar-refractivity contribution < 1.29 is 14.3 Å². The predicted octanol–water partition coefficient (Wildman–Crippen LogP) is 1.89. The second kappa shape index (κ2) is 6.91. The van der Waals surface area contributed by atoms with Crippen LogP contribution in [0.2, 0.25) is 0 Å². The van der Waals surface area contributed by atoms with E-state index in [1.54, 1.807) is 32.4 Å². The Morgan fingerprint density at radius 3 is 2.29 bits per heavy atom. The van der Waals surface area contributed by atoms with Gasteiger partial charge in [0.2, 0.25) is 0 Å². The fourth-order valence-corrected chi connectivity index (χ4v) is 1.59. The maximum Gasteiger partial charge on any atom is 0.184 e. The first-order chi connectivity index (χ1) is 8.24. The molecule has 0 bridgehead atoms. The van der Waals surface area contributed by atoms with E-state index in [9.17, 15) is 4.79 Å². The Labute approximate surface area is 102 Å². The van der Waals surface area contributed by atoms with Gasteiger partial charge in [-0.1, -0.05) is 13.0 Å². The Kier molecular flexibility index (Phi) is 5.49. The van der Waals surface area contributed by atoms with Crippen LogP contribution in [0, 0.1) is 0 Å². The molecule has 0 spiro atoms. The molecule has 0 radical (unpaired) electrons. The molecule has 0 aliphatic rings. The number of benzene rings is 1. The van der Waals surface area contributed by atoms with E-state index in [1.807, 2.05) is 0 Å². The number of nitrogens with one attached hydrogen (secondary N) is 1. The van der Waals surface area contributed by atoms with Gasteiger partial charge in [0.1, 0.15) is 17.1 Å². The van der Waals surface area contributed by atoms with Gasteiger partial charge < -0.3 is 14.8 Å². The Bertz CT molecular complexity index is 355. The van der Waals surface area contributed by atoms with Crippen molar-refractivity contribution in [2.75, 3.05) is 27.3 Å². The van der Waals surface area contributed by atoms with Crippen LogP contribution in [-0.2, 0) is 0 Å². The van der Waals surface area contributed by atoms with Crippen LogP contribution in [0.25, 0.3) is 0 Å². The highest BCUT2D eigenvalue weighted by molar-refractivity contribution is 6.02. The first kappa shape index (κ1) is 13.5. The molecule has 0 atom stereocenters. The zero-order valence-electron chi connectivity index (χ0n) is 10.6. The SMILES string of the molecule is CCCNCC(=O)c1c(OC)cccc1OC. The molecular formula is C13H19NO3. The summed E-state index contributed by atoms with van der Waals surface area (Å²) in [6.07, 6.45) is 0.996. The van der Waals surface area contributed by atoms with Crippen molar-refractivity contribution in [1.29, 1.82) is 0 Å². The number of carbonyl (C=O) groups is 1. The van der Waals surface area contributed by atoms with Crippen LogP contribution < -0.4 is 14.8 Å². The van der Waals surface area contributed by atoms with E-state index >= 15 is 0 Å². The molecule has 1 aromatic carbocycles. The standard InChI is InChI=1S/C13H19NO3/c1-4-8-14-9-10(15)13-11(16-2)6-5-7-12(13)17-3/h5-7,14H,4,8-9H2,1-3H3. The molecule has 4 heteroatoms. The average molecular weight is 237 g/mol. The highest BCUT2D eigenvalue weighted by atomic mass is 16.5. The van der Waals surface area contributed by atoms with Gasteiger partial charge in [-0.15, -0.1) is 0 Å². The Balaban J connectivity index is 2.89. The maximum absolute atomic E-state index is 12.1. The molecule has 1 rings (SSSR count). The summed E-state index contributed by atoms with van der Waals surface area (Å²) in [6, 6.07) is 5.32. The van der Waals surface area contributed by atoms with Crippen molar-refractivity contribution in [1.82, 2.24) is 5.32 Å². The van der Waals surface area contributed by atoms with Gasteiger partial charge in [0.25, 0.3) is 0 Å². The number of hydrogen-bond donors (Lipinski definition) is 1. The zero-order valence-corrected chi connectivity index (χ0v) is 10.6. The third-order valence-corrected chi connectivity index (χ3v) is 2.42. The van der Waals surface area contributed by atoms with Gasteiger partial charge >= 0.3 is 0 Å². The van der Waals surface area contributed by atoms with Crippen molar-refractivity contribution in [3.8, 4) is 11.5 Å². The molecule has 17 heavy (non-hydrogen) atoms. The molecule has 0 saturated heterocycles. The Hall–Kier alpha value is -1.55. The number of rotatable bonds is 7. The van der Waals surface area contributed by atoms with Gasteiger partial charge in [-0.05, 0) is 25.1 Å². The molecule has 0 fully saturated rings. The summed E-state index contributed by atoms with van der Waals surface area (Å²) in [5, 5.41) is 3.08. The lowest BCUT2D eigenvalue weighted by molar-refractivity contribution is 0.0985. The Morgan fingerprint density at radius 1 is 1.24 bits per heavy atom. The van der Waals surface area contributed by atoms with Crippen molar-refractivity contribution in [2.24, 2.45) is 0 Å². The van der Waals surface area contributed by atoms with E-state index in [1.165, 1.54) is 0 Å². The molecule has 1 aromatic rings. The summed E-state index contributed by atoms with van der Waals surface area (Å²) in [5.74, 6) is 1.08. The smallest absolute Gasteiger partial charge is 0.184 e. The van der Waals surface area contributed by atoms with Crippen molar-refractivity contribution in [3.63, 3.8) is 0 Å². The fourth-order valence-electron chi connectivity index (χ4n) is 1.59. The van der Waals surface area contributed by atoms with Gasteiger partial charge in [0.05, 0.1) is 20.8 Å². The molecule has 0 unspecified atom stereocenters. The summed E-state index contributed by atoms with van der Waals surface area (Å²) >= 11 is 0. The molecule has 0 saturated carbocycles. The van der Waals surface area contributed by atoms with Crippen molar-refractivity contribution in [3.05, 3.63) is 23.8 Å². The van der Waals surface area contributed by atoms with Gasteiger partial charge in [-0.25, -0.2) is 0 Å². The number of carbonyl (C=O) groups excluding carboxylic acids is 1. The number of methoxy groups -OCH3 is 2. The van der Waals surface area contributed by atoms with Crippen LogP contribution in [0.1, 0.15) is 23.7 Å². The highest BCUT2D eigenvalue weighted by Crippen LogP contribution is 2.28. The van der Waals surface area contributed by atoms with Crippen LogP contribution in [-0.4, -0.2) is 33.1 Å². The summed E-state index contributed by atoms with van der Waals surface area (Å²) in [6.45, 7) is 3.18. The van der Waals surface area contributed by atoms with E-state index in [0.717, 1.165) is 13.0 Å². The first-order valence-corrected chi connectivity index (χ1v) is 5.69. The minimum atomic E-state index is -0.0206. The number of Topliss-reactive ketones (excluding diaryl/α,β-unsaturated/α-hetero) is 1. The fraction of sp³-hybridized carbons (Fsp3) is 0.462. The van der Waals surface area contributed by atoms with Gasteiger partial charge in [0.15, 0.2) is 5.78 Å². The third kappa shape index (κ3) is 3.46. The molecule has 1 N–H and O–H groups in total. The number of ether oxygens (including phenoxy) is 2. The maximum atomic E-state index is 12.1. The zero-order chi connectivity index (χ0) is 12.7. The summed E-state index contributed by atoms with van der Waals surface area (Å²) in [4.78, 5) is 12.1. The second-order valence-corrected chi connectivity index (χ2v) is 3.64. The van der Waals surface area contributed by atoms with Crippen LogP contribution in [0.4, 0.5) is 0 Å². The normalized spacial score (nSPS) is 10.1. The summed E-state index contributed by atoms with van der Waals surface area (Å²) < 4.78 is 10.4. The molecular weight excluding hydrogens is 218 g/mol. The largest absolute Gasteiger partial charge is 0.496 e. The number of ketones is 1. The van der Waals surface area contributed by atoms with Crippen LogP contribution >= 0.6 is 0 Å². The highest BCUT2D eigenvalue weighted by Gasteiger charge is 2.17. The van der Waals surface area contributed by atoms with E-state index in [2.05, 4.69) is 12.2 Å². The van der Waals surface area contributed by atoms with E-state index < -0.39 is 0 Å². The lowest BCUT2D eigenvalue weighted by atomic mass is 10.1. The van der Waals surface area contributed by atoms with E-state index in [4.69, 9.17) is 9.47 Å². The molecule has 94 valence electrons. The predicted molar refractivity (Wildman–Crippen MR) is 67.0 cm³/mol. The minimum Gasteiger partial charge on any atom is -0.496 e. The van der Waals surface area contributed by atoms with E-state index in [0.29, 0.717) is 23.6 Å². The molecule has 0 heterocycles. The molecule has 0 aromatic heterocycles. The van der Waals surface area contributed by atoms with Crippen LogP contribution in [0.5, 0.6) is 11.5 Å². The summed E-state index contributed by atoms with van der Waals surface area (Å²) in [5.41, 5.74) is 0.501. The third-order valence-electron chi connectivity index (χ3n) is 2.42. The molecule has 0 aliphatic heterocycles. The molecule has 0 aliphatic carbocycles. The quantitative estimate of drug-likeness (QED) is 0.581. The first-order valence-electron chi connectivity index (χ1n) is 5.69. The second-order valence-electron chi connectivity index (χ2n) is 3.64. The topological polar surface area (TPSA) is 47.6 Å².